The third-order valence-corrected chi connectivity index (χ3v) is 9.24. The molecule has 1 saturated carbocycles. The first-order valence-corrected chi connectivity index (χ1v) is 14.8. The number of halogens is 4. The van der Waals surface area contributed by atoms with Gasteiger partial charge in [-0.05, 0) is 57.7 Å². The van der Waals surface area contributed by atoms with E-state index in [2.05, 4.69) is 15.4 Å². The van der Waals surface area contributed by atoms with Gasteiger partial charge in [-0.3, -0.25) is 4.68 Å². The standard InChI is InChI=1S/C27H34F4N6O4S/c1-26(2,39)16-37-13-18(12-32-37)24-21(27(29,30)31)14-35(3)25(34-24)33-23-10-9-20(11-22(23)28)42(40,41)36(4)19-7-5-17(15-38)6-8-19/h9-15,17,19,25,33,39H,5-8,16H2,1-4H3. The molecule has 4 rings (SSSR count). The van der Waals surface area contributed by atoms with Crippen LogP contribution >= 0.6 is 0 Å². The molecule has 0 spiro atoms. The summed E-state index contributed by atoms with van der Waals surface area (Å²) >= 11 is 0. The molecule has 2 heterocycles. The van der Waals surface area contributed by atoms with Crippen molar-refractivity contribution in [3.05, 3.63) is 53.7 Å². The second-order valence-corrected chi connectivity index (χ2v) is 13.3. The van der Waals surface area contributed by atoms with Crippen molar-refractivity contribution in [3.8, 4) is 0 Å². The Balaban J connectivity index is 1.57. The van der Waals surface area contributed by atoms with Gasteiger partial charge in [-0.15, -0.1) is 0 Å². The van der Waals surface area contributed by atoms with Crippen molar-refractivity contribution in [1.82, 2.24) is 19.0 Å². The van der Waals surface area contributed by atoms with Crippen LogP contribution in [-0.2, 0) is 21.4 Å². The highest BCUT2D eigenvalue weighted by Gasteiger charge is 2.41. The highest BCUT2D eigenvalue weighted by Crippen LogP contribution is 2.34. The molecule has 0 radical (unpaired) electrons. The lowest BCUT2D eigenvalue weighted by molar-refractivity contribution is -0.112. The van der Waals surface area contributed by atoms with Gasteiger partial charge in [0.05, 0.1) is 40.2 Å². The molecule has 2 aliphatic rings. The average molecular weight is 615 g/mol. The van der Waals surface area contributed by atoms with Crippen molar-refractivity contribution in [2.45, 2.75) is 75.1 Å². The quantitative estimate of drug-likeness (QED) is 0.326. The molecular formula is C27H34F4N6O4S. The van der Waals surface area contributed by atoms with E-state index in [-0.39, 0.29) is 34.7 Å². The number of aliphatic imine (C=N–C) groups is 1. The fourth-order valence-electron chi connectivity index (χ4n) is 5.03. The number of nitrogens with one attached hydrogen (secondary N) is 1. The number of sulfonamides is 1. The molecule has 2 aromatic rings. The number of hydrogen-bond donors (Lipinski definition) is 2. The molecule has 10 nitrogen and oxygen atoms in total. The lowest BCUT2D eigenvalue weighted by Crippen LogP contribution is -2.40. The summed E-state index contributed by atoms with van der Waals surface area (Å²) in [5.41, 5.74) is -2.73. The van der Waals surface area contributed by atoms with Crippen LogP contribution in [0.3, 0.4) is 0 Å². The monoisotopic (exact) mass is 614 g/mol. The van der Waals surface area contributed by atoms with Crippen LogP contribution in [0.1, 0.15) is 45.1 Å². The molecule has 0 bridgehead atoms. The van der Waals surface area contributed by atoms with Gasteiger partial charge in [-0.25, -0.2) is 17.8 Å². The second kappa shape index (κ2) is 11.8. The number of aliphatic hydroxyl groups is 1. The first-order chi connectivity index (χ1) is 19.5. The minimum Gasteiger partial charge on any atom is -0.389 e. The van der Waals surface area contributed by atoms with E-state index in [1.807, 2.05) is 0 Å². The van der Waals surface area contributed by atoms with Crippen LogP contribution in [0.5, 0.6) is 0 Å². The zero-order valence-corrected chi connectivity index (χ0v) is 24.5. The van der Waals surface area contributed by atoms with E-state index < -0.39 is 45.2 Å². The summed E-state index contributed by atoms with van der Waals surface area (Å²) in [5, 5.41) is 16.8. The van der Waals surface area contributed by atoms with E-state index in [1.54, 1.807) is 0 Å². The van der Waals surface area contributed by atoms with Gasteiger partial charge in [-0.2, -0.15) is 22.6 Å². The Labute approximate surface area is 241 Å². The van der Waals surface area contributed by atoms with Gasteiger partial charge < -0.3 is 20.1 Å². The summed E-state index contributed by atoms with van der Waals surface area (Å²) in [7, 11) is -1.28. The van der Waals surface area contributed by atoms with Gasteiger partial charge in [0.2, 0.25) is 10.0 Å². The second-order valence-electron chi connectivity index (χ2n) is 11.3. The van der Waals surface area contributed by atoms with Crippen LogP contribution in [0.2, 0.25) is 0 Å². The minimum absolute atomic E-state index is 0.0303. The van der Waals surface area contributed by atoms with Gasteiger partial charge in [0.15, 0.2) is 6.29 Å². The van der Waals surface area contributed by atoms with Gasteiger partial charge in [0.25, 0.3) is 0 Å². The Morgan fingerprint density at radius 1 is 1.19 bits per heavy atom. The van der Waals surface area contributed by atoms with E-state index in [9.17, 15) is 31.5 Å². The molecule has 1 aromatic carbocycles. The number of alkyl halides is 3. The summed E-state index contributed by atoms with van der Waals surface area (Å²) in [5.74, 6) is -1.02. The molecule has 2 N–H and O–H groups in total. The summed E-state index contributed by atoms with van der Waals surface area (Å²) < 4.78 is 86.0. The number of carbonyl (C=O) groups is 1. The summed E-state index contributed by atoms with van der Waals surface area (Å²) in [6.07, 6.45) is 0.522. The molecule has 230 valence electrons. The number of benzene rings is 1. The van der Waals surface area contributed by atoms with Crippen molar-refractivity contribution < 1.29 is 35.9 Å². The molecule has 1 aliphatic carbocycles. The largest absolute Gasteiger partial charge is 0.419 e. The van der Waals surface area contributed by atoms with E-state index in [4.69, 9.17) is 0 Å². The van der Waals surface area contributed by atoms with E-state index in [1.165, 1.54) is 61.5 Å². The summed E-state index contributed by atoms with van der Waals surface area (Å²) in [6, 6.07) is 2.96. The molecule has 1 fully saturated rings. The molecule has 1 atom stereocenters. The van der Waals surface area contributed by atoms with Gasteiger partial charge in [-0.1, -0.05) is 0 Å². The molecule has 1 unspecified atom stereocenters. The van der Waals surface area contributed by atoms with Crippen molar-refractivity contribution in [2.75, 3.05) is 19.4 Å². The highest BCUT2D eigenvalue weighted by atomic mass is 32.2. The zero-order chi connectivity index (χ0) is 31.0. The third kappa shape index (κ3) is 7.01. The predicted octanol–water partition coefficient (Wildman–Crippen LogP) is 3.75. The first-order valence-electron chi connectivity index (χ1n) is 13.3. The Morgan fingerprint density at radius 2 is 1.86 bits per heavy atom. The van der Waals surface area contributed by atoms with E-state index in [0.717, 1.165) is 23.5 Å². The maximum absolute atomic E-state index is 15.2. The highest BCUT2D eigenvalue weighted by molar-refractivity contribution is 7.89. The number of carbonyl (C=O) groups excluding carboxylic acids is 1. The Bertz CT molecular complexity index is 1470. The number of anilines is 1. The summed E-state index contributed by atoms with van der Waals surface area (Å²) in [4.78, 5) is 16.1. The zero-order valence-electron chi connectivity index (χ0n) is 23.6. The number of hydrogen-bond acceptors (Lipinski definition) is 8. The molecule has 42 heavy (non-hydrogen) atoms. The van der Waals surface area contributed by atoms with Crippen LogP contribution in [0, 0.1) is 11.7 Å². The lowest BCUT2D eigenvalue weighted by Gasteiger charge is -2.33. The molecule has 1 aromatic heterocycles. The summed E-state index contributed by atoms with van der Waals surface area (Å²) in [6.45, 7) is 3.10. The maximum atomic E-state index is 15.2. The molecule has 0 saturated heterocycles. The Hall–Kier alpha value is -3.30. The molecule has 15 heteroatoms. The fraction of sp³-hybridized carbons (Fsp3) is 0.519. The molecular weight excluding hydrogens is 580 g/mol. The molecule has 1 aliphatic heterocycles. The van der Waals surface area contributed by atoms with Crippen molar-refractivity contribution >= 4 is 27.7 Å². The number of aromatic nitrogens is 2. The molecule has 0 amide bonds. The smallest absolute Gasteiger partial charge is 0.389 e. The topological polar surface area (TPSA) is 120 Å². The van der Waals surface area contributed by atoms with Gasteiger partial charge >= 0.3 is 6.18 Å². The van der Waals surface area contributed by atoms with E-state index in [0.29, 0.717) is 25.7 Å². The first kappa shape index (κ1) is 31.6. The number of allylic oxidation sites excluding steroid dienone is 1. The third-order valence-electron chi connectivity index (χ3n) is 7.34. The lowest BCUT2D eigenvalue weighted by atomic mass is 9.87. The van der Waals surface area contributed by atoms with Crippen LogP contribution in [0.25, 0.3) is 0 Å². The minimum atomic E-state index is -4.75. The van der Waals surface area contributed by atoms with E-state index >= 15 is 4.39 Å². The Kier molecular flexibility index (Phi) is 8.86. The Morgan fingerprint density at radius 3 is 2.43 bits per heavy atom. The van der Waals surface area contributed by atoms with Crippen LogP contribution in [-0.4, -0.2) is 82.7 Å². The van der Waals surface area contributed by atoms with Gasteiger partial charge in [0, 0.05) is 44.0 Å². The van der Waals surface area contributed by atoms with Gasteiger partial charge in [0.1, 0.15) is 12.1 Å². The normalized spacial score (nSPS) is 22.1. The predicted molar refractivity (Wildman–Crippen MR) is 148 cm³/mol. The SMILES string of the molecule is CN1C=C(C(F)(F)F)C(c2cnn(CC(C)(C)O)c2)=NC1Nc1ccc(S(=O)(=O)N(C)C2CCC(C=O)CC2)cc1F. The van der Waals surface area contributed by atoms with Crippen molar-refractivity contribution in [2.24, 2.45) is 10.9 Å². The number of nitrogens with zero attached hydrogens (tertiary/aromatic N) is 5. The average Bonchev–Trinajstić information content (AvgIpc) is 3.36. The van der Waals surface area contributed by atoms with Crippen LogP contribution < -0.4 is 5.32 Å². The van der Waals surface area contributed by atoms with Crippen molar-refractivity contribution in [1.29, 1.82) is 0 Å². The van der Waals surface area contributed by atoms with Crippen LogP contribution in [0.15, 0.2) is 52.3 Å². The maximum Gasteiger partial charge on any atom is 0.419 e. The van der Waals surface area contributed by atoms with Crippen LogP contribution in [0.4, 0.5) is 23.2 Å². The number of aldehydes is 1. The number of rotatable bonds is 9. The fourth-order valence-corrected chi connectivity index (χ4v) is 6.46. The van der Waals surface area contributed by atoms with Crippen molar-refractivity contribution in [3.63, 3.8) is 0 Å².